The van der Waals surface area contributed by atoms with Crippen molar-refractivity contribution in [1.29, 1.82) is 0 Å². The molecule has 0 aliphatic heterocycles. The van der Waals surface area contributed by atoms with Crippen molar-refractivity contribution in [3.63, 3.8) is 0 Å². The number of nitrogens with one attached hydrogen (secondary N) is 1. The molecule has 0 aliphatic carbocycles. The average Bonchev–Trinajstić information content (AvgIpc) is 2.61. The van der Waals surface area contributed by atoms with Crippen LogP contribution < -0.4 is 14.8 Å². The van der Waals surface area contributed by atoms with Crippen LogP contribution >= 0.6 is 0 Å². The van der Waals surface area contributed by atoms with Gasteiger partial charge in [-0.05, 0) is 44.2 Å². The molecule has 0 atom stereocenters. The van der Waals surface area contributed by atoms with Gasteiger partial charge in [-0.25, -0.2) is 0 Å². The normalized spacial score (nSPS) is 10.3. The van der Waals surface area contributed by atoms with Gasteiger partial charge in [0, 0.05) is 17.7 Å². The zero-order valence-corrected chi connectivity index (χ0v) is 14.3. The van der Waals surface area contributed by atoms with Crippen LogP contribution in [0.5, 0.6) is 11.5 Å². The van der Waals surface area contributed by atoms with E-state index < -0.39 is 0 Å². The van der Waals surface area contributed by atoms with E-state index in [9.17, 15) is 4.79 Å². The molecule has 1 amide bonds. The fourth-order valence-electron chi connectivity index (χ4n) is 2.28. The van der Waals surface area contributed by atoms with Gasteiger partial charge in [-0.15, -0.1) is 0 Å². The molecule has 0 aliphatic rings. The number of carbonyl (C=O) groups is 1. The summed E-state index contributed by atoms with van der Waals surface area (Å²) in [5.74, 6) is 1.14. The Morgan fingerprint density at radius 2 is 1.83 bits per heavy atom. The van der Waals surface area contributed by atoms with E-state index >= 15 is 0 Å². The van der Waals surface area contributed by atoms with Gasteiger partial charge in [0.2, 0.25) is 0 Å². The van der Waals surface area contributed by atoms with Crippen LogP contribution in [-0.2, 0) is 11.3 Å². The van der Waals surface area contributed by atoms with Gasteiger partial charge in [0.1, 0.15) is 11.5 Å². The highest BCUT2D eigenvalue weighted by Gasteiger charge is 2.12. The summed E-state index contributed by atoms with van der Waals surface area (Å²) in [5.41, 5.74) is 2.02. The van der Waals surface area contributed by atoms with Crippen molar-refractivity contribution in [1.82, 2.24) is 0 Å². The van der Waals surface area contributed by atoms with Crippen LogP contribution in [0.15, 0.2) is 42.5 Å². The van der Waals surface area contributed by atoms with Crippen LogP contribution in [0.25, 0.3) is 0 Å². The first kappa shape index (κ1) is 17.8. The number of hydrogen-bond acceptors (Lipinski definition) is 4. The smallest absolute Gasteiger partial charge is 0.255 e. The second-order valence-corrected chi connectivity index (χ2v) is 5.05. The van der Waals surface area contributed by atoms with Gasteiger partial charge in [-0.3, -0.25) is 4.79 Å². The Morgan fingerprint density at radius 3 is 2.54 bits per heavy atom. The van der Waals surface area contributed by atoms with Crippen LogP contribution in [-0.4, -0.2) is 26.2 Å². The predicted molar refractivity (Wildman–Crippen MR) is 93.9 cm³/mol. The van der Waals surface area contributed by atoms with Gasteiger partial charge in [-0.2, -0.15) is 0 Å². The van der Waals surface area contributed by atoms with Gasteiger partial charge in [0.25, 0.3) is 5.91 Å². The summed E-state index contributed by atoms with van der Waals surface area (Å²) in [6, 6.07) is 12.6. The molecule has 0 bridgehead atoms. The Bertz CT molecular complexity index is 685. The first-order valence-electron chi connectivity index (χ1n) is 7.97. The highest BCUT2D eigenvalue weighted by Crippen LogP contribution is 2.25. The Kier molecular flexibility index (Phi) is 6.63. The van der Waals surface area contributed by atoms with E-state index in [2.05, 4.69) is 5.32 Å². The van der Waals surface area contributed by atoms with Crippen LogP contribution in [0.2, 0.25) is 0 Å². The Hall–Kier alpha value is -2.53. The van der Waals surface area contributed by atoms with E-state index in [1.54, 1.807) is 37.4 Å². The Morgan fingerprint density at radius 1 is 1.04 bits per heavy atom. The third-order valence-corrected chi connectivity index (χ3v) is 3.44. The van der Waals surface area contributed by atoms with Crippen molar-refractivity contribution in [3.8, 4) is 11.5 Å². The van der Waals surface area contributed by atoms with E-state index in [-0.39, 0.29) is 5.91 Å². The predicted octanol–water partition coefficient (Wildman–Crippen LogP) is 3.88. The maximum absolute atomic E-state index is 12.5. The van der Waals surface area contributed by atoms with E-state index in [1.165, 1.54) is 0 Å². The van der Waals surface area contributed by atoms with E-state index in [0.29, 0.717) is 36.8 Å². The molecule has 128 valence electrons. The van der Waals surface area contributed by atoms with E-state index in [0.717, 1.165) is 11.3 Å². The van der Waals surface area contributed by atoms with Gasteiger partial charge in [0.05, 0.1) is 26.0 Å². The minimum atomic E-state index is -0.208. The first-order valence-corrected chi connectivity index (χ1v) is 7.97. The van der Waals surface area contributed by atoms with Gasteiger partial charge in [-0.1, -0.05) is 12.1 Å². The second kappa shape index (κ2) is 8.93. The fourth-order valence-corrected chi connectivity index (χ4v) is 2.28. The molecule has 1 N–H and O–H groups in total. The summed E-state index contributed by atoms with van der Waals surface area (Å²) >= 11 is 0. The lowest BCUT2D eigenvalue weighted by Gasteiger charge is -2.13. The standard InChI is InChI=1S/C19H23NO4/c1-4-23-13-15-12-14(10-11-17(15)24-5-2)19(21)20-16-8-6-7-9-18(16)22-3/h6-12H,4-5,13H2,1-3H3,(H,20,21). The molecule has 24 heavy (non-hydrogen) atoms. The molecular formula is C19H23NO4. The number of methoxy groups -OCH3 is 1. The molecule has 0 heterocycles. The summed E-state index contributed by atoms with van der Waals surface area (Å²) < 4.78 is 16.3. The summed E-state index contributed by atoms with van der Waals surface area (Å²) in [6.07, 6.45) is 0. The van der Waals surface area contributed by atoms with Crippen molar-refractivity contribution in [3.05, 3.63) is 53.6 Å². The number of benzene rings is 2. The van der Waals surface area contributed by atoms with Gasteiger partial charge >= 0.3 is 0 Å². The summed E-state index contributed by atoms with van der Waals surface area (Å²) in [5, 5.41) is 2.87. The van der Waals surface area contributed by atoms with Crippen molar-refractivity contribution < 1.29 is 19.0 Å². The van der Waals surface area contributed by atoms with Gasteiger partial charge in [0.15, 0.2) is 0 Å². The number of para-hydroxylation sites is 2. The van der Waals surface area contributed by atoms with E-state index in [1.807, 2.05) is 26.0 Å². The number of amides is 1. The minimum Gasteiger partial charge on any atom is -0.495 e. The molecule has 0 radical (unpaired) electrons. The molecule has 0 saturated carbocycles. The third kappa shape index (κ3) is 4.49. The molecule has 5 heteroatoms. The molecule has 0 spiro atoms. The number of anilines is 1. The summed E-state index contributed by atoms with van der Waals surface area (Å²) in [4.78, 5) is 12.5. The van der Waals surface area contributed by atoms with Crippen LogP contribution in [0.1, 0.15) is 29.8 Å². The fraction of sp³-hybridized carbons (Fsp3) is 0.316. The monoisotopic (exact) mass is 329 g/mol. The third-order valence-electron chi connectivity index (χ3n) is 3.44. The number of carbonyl (C=O) groups excluding carboxylic acids is 1. The van der Waals surface area contributed by atoms with Crippen molar-refractivity contribution in [2.24, 2.45) is 0 Å². The highest BCUT2D eigenvalue weighted by molar-refractivity contribution is 6.05. The zero-order chi connectivity index (χ0) is 17.4. The zero-order valence-electron chi connectivity index (χ0n) is 14.3. The van der Waals surface area contributed by atoms with Gasteiger partial charge < -0.3 is 19.5 Å². The average molecular weight is 329 g/mol. The Balaban J connectivity index is 2.22. The first-order chi connectivity index (χ1) is 11.7. The number of rotatable bonds is 8. The topological polar surface area (TPSA) is 56.8 Å². The maximum atomic E-state index is 12.5. The molecule has 5 nitrogen and oxygen atoms in total. The largest absolute Gasteiger partial charge is 0.495 e. The molecule has 0 aromatic heterocycles. The number of ether oxygens (including phenoxy) is 3. The van der Waals surface area contributed by atoms with Crippen molar-refractivity contribution in [2.45, 2.75) is 20.5 Å². The quantitative estimate of drug-likeness (QED) is 0.798. The SMILES string of the molecule is CCOCc1cc(C(=O)Nc2ccccc2OC)ccc1OCC. The van der Waals surface area contributed by atoms with E-state index in [4.69, 9.17) is 14.2 Å². The molecular weight excluding hydrogens is 306 g/mol. The number of hydrogen-bond donors (Lipinski definition) is 1. The lowest BCUT2D eigenvalue weighted by molar-refractivity contribution is 0.102. The molecule has 2 rings (SSSR count). The molecule has 0 unspecified atom stereocenters. The summed E-state index contributed by atoms with van der Waals surface area (Å²) in [6.45, 7) is 5.42. The molecule has 0 fully saturated rings. The highest BCUT2D eigenvalue weighted by atomic mass is 16.5. The Labute approximate surface area is 142 Å². The van der Waals surface area contributed by atoms with Crippen LogP contribution in [0.4, 0.5) is 5.69 Å². The van der Waals surface area contributed by atoms with Crippen molar-refractivity contribution >= 4 is 11.6 Å². The summed E-state index contributed by atoms with van der Waals surface area (Å²) in [7, 11) is 1.57. The minimum absolute atomic E-state index is 0.208. The lowest BCUT2D eigenvalue weighted by Crippen LogP contribution is -2.13. The van der Waals surface area contributed by atoms with Crippen molar-refractivity contribution in [2.75, 3.05) is 25.6 Å². The molecule has 2 aromatic rings. The maximum Gasteiger partial charge on any atom is 0.255 e. The molecule has 2 aromatic carbocycles. The second-order valence-electron chi connectivity index (χ2n) is 5.05. The molecule has 0 saturated heterocycles. The lowest BCUT2D eigenvalue weighted by atomic mass is 10.1. The van der Waals surface area contributed by atoms with Crippen LogP contribution in [0, 0.1) is 0 Å². The van der Waals surface area contributed by atoms with Crippen LogP contribution in [0.3, 0.4) is 0 Å².